The number of aromatic amines is 1. The first-order valence-electron chi connectivity index (χ1n) is 6.87. The molecule has 0 spiro atoms. The Bertz CT molecular complexity index is 807. The van der Waals surface area contributed by atoms with Gasteiger partial charge in [-0.15, -0.1) is 0 Å². The van der Waals surface area contributed by atoms with Crippen molar-refractivity contribution in [1.29, 1.82) is 0 Å². The lowest BCUT2D eigenvalue weighted by Gasteiger charge is -1.97. The predicted octanol–water partition coefficient (Wildman–Crippen LogP) is 2.53. The maximum absolute atomic E-state index is 12.9. The third-order valence-electron chi connectivity index (χ3n) is 3.01. The highest BCUT2D eigenvalue weighted by Gasteiger charge is 2.06. The Morgan fingerprint density at radius 1 is 1.30 bits per heavy atom. The molecule has 0 bridgehead atoms. The van der Waals surface area contributed by atoms with Gasteiger partial charge in [-0.25, -0.2) is 9.37 Å². The summed E-state index contributed by atoms with van der Waals surface area (Å²) in [5.41, 5.74) is 0.693. The second kappa shape index (κ2) is 6.69. The molecule has 0 aliphatic rings. The maximum atomic E-state index is 12.9. The number of hydrogen-bond donors (Lipinski definition) is 2. The van der Waals surface area contributed by atoms with Crippen molar-refractivity contribution in [3.05, 3.63) is 66.1 Å². The van der Waals surface area contributed by atoms with E-state index in [1.807, 2.05) is 0 Å². The fraction of sp³-hybridized carbons (Fsp3) is 0.0625. The monoisotopic (exact) mass is 312 g/mol. The van der Waals surface area contributed by atoms with E-state index >= 15 is 0 Å². The molecule has 1 aromatic carbocycles. The van der Waals surface area contributed by atoms with Crippen LogP contribution in [0.4, 0.5) is 4.39 Å². The molecule has 0 unspecified atom stereocenters. The lowest BCUT2D eigenvalue weighted by molar-refractivity contribution is -0.116. The minimum absolute atomic E-state index is 0.204. The molecular weight excluding hydrogens is 299 g/mol. The first-order chi connectivity index (χ1) is 11.2. The molecule has 0 aliphatic heterocycles. The van der Waals surface area contributed by atoms with Crippen LogP contribution in [0.15, 0.2) is 53.2 Å². The zero-order chi connectivity index (χ0) is 16.1. The predicted molar refractivity (Wildman–Crippen MR) is 81.4 cm³/mol. The van der Waals surface area contributed by atoms with Gasteiger partial charge in [0, 0.05) is 11.6 Å². The van der Waals surface area contributed by atoms with Crippen molar-refractivity contribution in [2.75, 3.05) is 0 Å². The van der Waals surface area contributed by atoms with E-state index in [1.54, 1.807) is 30.3 Å². The van der Waals surface area contributed by atoms with Crippen LogP contribution in [-0.4, -0.2) is 21.1 Å². The van der Waals surface area contributed by atoms with Crippen LogP contribution >= 0.6 is 0 Å². The van der Waals surface area contributed by atoms with E-state index in [1.165, 1.54) is 24.5 Å². The second-order valence-corrected chi connectivity index (χ2v) is 4.68. The number of amides is 1. The van der Waals surface area contributed by atoms with Gasteiger partial charge in [0.05, 0.1) is 12.8 Å². The normalized spacial score (nSPS) is 11.0. The number of hydrogen-bond acceptors (Lipinski definition) is 4. The molecule has 0 atom stereocenters. The Kier molecular flexibility index (Phi) is 4.28. The van der Waals surface area contributed by atoms with Crippen molar-refractivity contribution in [1.82, 2.24) is 20.5 Å². The van der Waals surface area contributed by atoms with Crippen LogP contribution in [0.5, 0.6) is 0 Å². The molecule has 2 aromatic heterocycles. The van der Waals surface area contributed by atoms with Gasteiger partial charge in [0.2, 0.25) is 5.91 Å². The van der Waals surface area contributed by atoms with Crippen molar-refractivity contribution in [3.63, 3.8) is 0 Å². The van der Waals surface area contributed by atoms with Crippen LogP contribution in [0.2, 0.25) is 0 Å². The summed E-state index contributed by atoms with van der Waals surface area (Å²) in [6.07, 6.45) is 4.47. The van der Waals surface area contributed by atoms with Crippen LogP contribution in [0.3, 0.4) is 0 Å². The Hall–Kier alpha value is -3.22. The SMILES string of the molecule is O=C(C=Cc1ccco1)NCc1nc(-c2ccc(F)cc2)n[nH]1. The lowest BCUT2D eigenvalue weighted by atomic mass is 10.2. The van der Waals surface area contributed by atoms with Gasteiger partial charge in [-0.2, -0.15) is 5.10 Å². The van der Waals surface area contributed by atoms with Gasteiger partial charge >= 0.3 is 0 Å². The molecular formula is C16H13FN4O2. The number of halogens is 1. The van der Waals surface area contributed by atoms with E-state index in [0.717, 1.165) is 0 Å². The molecule has 3 aromatic rings. The molecule has 116 valence electrons. The van der Waals surface area contributed by atoms with Crippen LogP contribution in [-0.2, 0) is 11.3 Å². The molecule has 0 fully saturated rings. The number of furan rings is 1. The van der Waals surface area contributed by atoms with Crippen molar-refractivity contribution in [2.45, 2.75) is 6.54 Å². The Balaban J connectivity index is 1.57. The average molecular weight is 312 g/mol. The number of H-pyrrole nitrogens is 1. The third-order valence-corrected chi connectivity index (χ3v) is 3.01. The zero-order valence-electron chi connectivity index (χ0n) is 12.0. The molecule has 23 heavy (non-hydrogen) atoms. The number of nitrogens with one attached hydrogen (secondary N) is 2. The van der Waals surface area contributed by atoms with E-state index in [0.29, 0.717) is 23.0 Å². The Morgan fingerprint density at radius 2 is 2.13 bits per heavy atom. The van der Waals surface area contributed by atoms with Crippen molar-refractivity contribution < 1.29 is 13.6 Å². The summed E-state index contributed by atoms with van der Waals surface area (Å²) < 4.78 is 18.0. The van der Waals surface area contributed by atoms with Gasteiger partial charge in [-0.3, -0.25) is 9.89 Å². The minimum atomic E-state index is -0.319. The summed E-state index contributed by atoms with van der Waals surface area (Å²) in [6.45, 7) is 0.204. The molecule has 6 nitrogen and oxygen atoms in total. The second-order valence-electron chi connectivity index (χ2n) is 4.68. The summed E-state index contributed by atoms with van der Waals surface area (Å²) in [6, 6.07) is 9.34. The number of aromatic nitrogens is 3. The molecule has 0 radical (unpaired) electrons. The molecule has 0 saturated carbocycles. The number of carbonyl (C=O) groups is 1. The Morgan fingerprint density at radius 3 is 2.87 bits per heavy atom. The standard InChI is InChI=1S/C16H13FN4O2/c17-12-5-3-11(4-6-12)16-19-14(20-21-16)10-18-15(22)8-7-13-2-1-9-23-13/h1-9H,10H2,(H,18,22)(H,19,20,21). The fourth-order valence-electron chi connectivity index (χ4n) is 1.88. The molecule has 2 heterocycles. The molecule has 3 rings (SSSR count). The molecule has 2 N–H and O–H groups in total. The largest absolute Gasteiger partial charge is 0.465 e. The smallest absolute Gasteiger partial charge is 0.244 e. The van der Waals surface area contributed by atoms with Crippen molar-refractivity contribution in [2.24, 2.45) is 0 Å². The molecule has 1 amide bonds. The van der Waals surface area contributed by atoms with Crippen molar-refractivity contribution >= 4 is 12.0 Å². The highest BCUT2D eigenvalue weighted by atomic mass is 19.1. The summed E-state index contributed by atoms with van der Waals surface area (Å²) in [5.74, 6) is 0.948. The Labute approximate surface area is 131 Å². The molecule has 7 heteroatoms. The highest BCUT2D eigenvalue weighted by molar-refractivity contribution is 5.91. The van der Waals surface area contributed by atoms with Crippen molar-refractivity contribution in [3.8, 4) is 11.4 Å². The summed E-state index contributed by atoms with van der Waals surface area (Å²) >= 11 is 0. The third kappa shape index (κ3) is 3.91. The molecule has 0 aliphatic carbocycles. The lowest BCUT2D eigenvalue weighted by Crippen LogP contribution is -2.20. The van der Waals surface area contributed by atoms with Crippen LogP contribution in [0.25, 0.3) is 17.5 Å². The van der Waals surface area contributed by atoms with Gasteiger partial charge in [0.15, 0.2) is 5.82 Å². The van der Waals surface area contributed by atoms with Gasteiger partial charge in [0.1, 0.15) is 17.4 Å². The number of benzene rings is 1. The average Bonchev–Trinajstić information content (AvgIpc) is 3.23. The van der Waals surface area contributed by atoms with E-state index in [-0.39, 0.29) is 18.3 Å². The van der Waals surface area contributed by atoms with Gasteiger partial charge < -0.3 is 9.73 Å². The van der Waals surface area contributed by atoms with E-state index in [9.17, 15) is 9.18 Å². The van der Waals surface area contributed by atoms with E-state index in [2.05, 4.69) is 20.5 Å². The number of rotatable bonds is 5. The van der Waals surface area contributed by atoms with Gasteiger partial charge in [-0.1, -0.05) is 0 Å². The summed E-state index contributed by atoms with van der Waals surface area (Å²) in [5, 5.41) is 9.44. The summed E-state index contributed by atoms with van der Waals surface area (Å²) in [7, 11) is 0. The summed E-state index contributed by atoms with van der Waals surface area (Å²) in [4.78, 5) is 15.9. The maximum Gasteiger partial charge on any atom is 0.244 e. The van der Waals surface area contributed by atoms with Crippen LogP contribution in [0.1, 0.15) is 11.6 Å². The zero-order valence-corrected chi connectivity index (χ0v) is 12.0. The van der Waals surface area contributed by atoms with E-state index in [4.69, 9.17) is 4.42 Å². The molecule has 0 saturated heterocycles. The first kappa shape index (κ1) is 14.7. The first-order valence-corrected chi connectivity index (χ1v) is 6.87. The van der Waals surface area contributed by atoms with Gasteiger partial charge in [0.25, 0.3) is 0 Å². The fourth-order valence-corrected chi connectivity index (χ4v) is 1.88. The topological polar surface area (TPSA) is 83.8 Å². The van der Waals surface area contributed by atoms with E-state index < -0.39 is 0 Å². The van der Waals surface area contributed by atoms with Crippen LogP contribution in [0, 0.1) is 5.82 Å². The van der Waals surface area contributed by atoms with Crippen LogP contribution < -0.4 is 5.32 Å². The number of carbonyl (C=O) groups excluding carboxylic acids is 1. The van der Waals surface area contributed by atoms with Gasteiger partial charge in [-0.05, 0) is 42.5 Å². The quantitative estimate of drug-likeness (QED) is 0.709. The highest BCUT2D eigenvalue weighted by Crippen LogP contribution is 2.14. The number of nitrogens with zero attached hydrogens (tertiary/aromatic N) is 2. The minimum Gasteiger partial charge on any atom is -0.465 e.